The smallest absolute Gasteiger partial charge is 0.179 e. The van der Waals surface area contributed by atoms with Gasteiger partial charge in [0.1, 0.15) is 24.1 Å². The molecule has 2 heterocycles. The summed E-state index contributed by atoms with van der Waals surface area (Å²) in [5, 5.41) is 5.78. The molecule has 0 fully saturated rings. The second kappa shape index (κ2) is 4.47. The van der Waals surface area contributed by atoms with Gasteiger partial charge in [0.15, 0.2) is 12.4 Å². The molecule has 3 aromatic rings. The molecule has 0 radical (unpaired) electrons. The zero-order valence-electron chi connectivity index (χ0n) is 9.94. The first-order valence-electron chi connectivity index (χ1n) is 5.54. The van der Waals surface area contributed by atoms with E-state index in [1.807, 2.05) is 30.1 Å². The Hall–Kier alpha value is -1.65. The predicted octanol–water partition coefficient (Wildman–Crippen LogP) is 3.30. The Balaban J connectivity index is 2.24. The molecular formula is C13H9Cl2FN3+. The monoisotopic (exact) mass is 296 g/mol. The highest BCUT2D eigenvalue weighted by Crippen LogP contribution is 2.30. The maximum absolute atomic E-state index is 13.2. The lowest BCUT2D eigenvalue weighted by Gasteiger charge is -2.06. The highest BCUT2D eigenvalue weighted by atomic mass is 35.5. The van der Waals surface area contributed by atoms with Gasteiger partial charge in [-0.25, -0.2) is 13.6 Å². The van der Waals surface area contributed by atoms with E-state index in [1.165, 1.54) is 12.1 Å². The fourth-order valence-electron chi connectivity index (χ4n) is 1.95. The van der Waals surface area contributed by atoms with Crippen molar-refractivity contribution >= 4 is 34.1 Å². The van der Waals surface area contributed by atoms with Crippen LogP contribution in [0.4, 0.5) is 4.39 Å². The normalized spacial score (nSPS) is 11.2. The van der Waals surface area contributed by atoms with Gasteiger partial charge < -0.3 is 0 Å². The standard InChI is InChI=1S/C13H9Cl2FN3/c1-18-3-2-12-8(6-18)7-19(17-12)13-10(14)4-9(16)5-11(13)15/h2-7H,1H3/q+1. The van der Waals surface area contributed by atoms with Crippen LogP contribution in [0.25, 0.3) is 16.6 Å². The van der Waals surface area contributed by atoms with Crippen LogP contribution in [0.5, 0.6) is 0 Å². The summed E-state index contributed by atoms with van der Waals surface area (Å²) in [5.41, 5.74) is 1.29. The average Bonchev–Trinajstić information content (AvgIpc) is 2.69. The van der Waals surface area contributed by atoms with Crippen LogP contribution in [-0.2, 0) is 7.05 Å². The number of rotatable bonds is 1. The fourth-order valence-corrected chi connectivity index (χ4v) is 2.58. The van der Waals surface area contributed by atoms with Crippen molar-refractivity contribution in [1.82, 2.24) is 9.78 Å². The average molecular weight is 297 g/mol. The molecule has 0 spiro atoms. The van der Waals surface area contributed by atoms with Gasteiger partial charge in [0.05, 0.1) is 15.4 Å². The van der Waals surface area contributed by atoms with E-state index in [2.05, 4.69) is 5.10 Å². The van der Waals surface area contributed by atoms with Crippen LogP contribution >= 0.6 is 23.2 Å². The molecule has 0 atom stereocenters. The molecule has 19 heavy (non-hydrogen) atoms. The summed E-state index contributed by atoms with van der Waals surface area (Å²) in [6.45, 7) is 0. The van der Waals surface area contributed by atoms with Crippen molar-refractivity contribution in [3.05, 3.63) is 52.7 Å². The molecule has 0 aliphatic carbocycles. The Bertz CT molecular complexity index is 760. The van der Waals surface area contributed by atoms with E-state index in [1.54, 1.807) is 10.9 Å². The van der Waals surface area contributed by atoms with Crippen LogP contribution in [-0.4, -0.2) is 9.78 Å². The molecular weight excluding hydrogens is 288 g/mol. The molecule has 0 unspecified atom stereocenters. The maximum atomic E-state index is 13.2. The number of pyridine rings is 1. The minimum absolute atomic E-state index is 0.224. The van der Waals surface area contributed by atoms with Gasteiger partial charge in [0, 0.05) is 12.3 Å². The van der Waals surface area contributed by atoms with Gasteiger partial charge in [-0.15, -0.1) is 0 Å². The van der Waals surface area contributed by atoms with Gasteiger partial charge in [-0.1, -0.05) is 23.2 Å². The van der Waals surface area contributed by atoms with E-state index in [-0.39, 0.29) is 10.0 Å². The number of hydrogen-bond donors (Lipinski definition) is 0. The van der Waals surface area contributed by atoms with E-state index in [4.69, 9.17) is 23.2 Å². The summed E-state index contributed by atoms with van der Waals surface area (Å²) in [6.07, 6.45) is 5.64. The molecule has 1 aromatic carbocycles. The summed E-state index contributed by atoms with van der Waals surface area (Å²) in [4.78, 5) is 0. The molecule has 0 aliphatic rings. The van der Waals surface area contributed by atoms with Crippen LogP contribution < -0.4 is 4.57 Å². The molecule has 3 rings (SSSR count). The van der Waals surface area contributed by atoms with E-state index < -0.39 is 5.82 Å². The van der Waals surface area contributed by atoms with E-state index >= 15 is 0 Å². The van der Waals surface area contributed by atoms with Crippen LogP contribution in [0, 0.1) is 5.82 Å². The van der Waals surface area contributed by atoms with Gasteiger partial charge in [0.2, 0.25) is 0 Å². The minimum atomic E-state index is -0.470. The quantitative estimate of drug-likeness (QED) is 0.632. The van der Waals surface area contributed by atoms with Gasteiger partial charge in [-0.3, -0.25) is 0 Å². The number of fused-ring (bicyclic) bond motifs is 1. The van der Waals surface area contributed by atoms with Crippen LogP contribution in [0.3, 0.4) is 0 Å². The number of nitrogens with zero attached hydrogens (tertiary/aromatic N) is 3. The number of hydrogen-bond acceptors (Lipinski definition) is 1. The Labute approximate surface area is 118 Å². The largest absolute Gasteiger partial charge is 0.236 e. The lowest BCUT2D eigenvalue weighted by molar-refractivity contribution is -0.670. The molecule has 0 saturated carbocycles. The molecule has 2 aromatic heterocycles. The molecule has 0 saturated heterocycles. The number of halogens is 3. The molecule has 0 aliphatic heterocycles. The number of benzene rings is 1. The van der Waals surface area contributed by atoms with Crippen molar-refractivity contribution in [1.29, 1.82) is 0 Å². The Kier molecular flexibility index (Phi) is 2.92. The van der Waals surface area contributed by atoms with Crippen molar-refractivity contribution < 1.29 is 8.96 Å². The highest BCUT2D eigenvalue weighted by Gasteiger charge is 2.13. The summed E-state index contributed by atoms with van der Waals surface area (Å²) < 4.78 is 16.7. The predicted molar refractivity (Wildman–Crippen MR) is 72.2 cm³/mol. The Morgan fingerprint density at radius 3 is 2.63 bits per heavy atom. The Morgan fingerprint density at radius 2 is 1.95 bits per heavy atom. The molecule has 0 N–H and O–H groups in total. The molecule has 0 bridgehead atoms. The van der Waals surface area contributed by atoms with Crippen LogP contribution in [0.2, 0.25) is 10.0 Å². The third-order valence-electron chi connectivity index (χ3n) is 2.79. The first kappa shape index (κ1) is 12.4. The van der Waals surface area contributed by atoms with Gasteiger partial charge in [-0.05, 0) is 12.1 Å². The molecule has 6 heteroatoms. The van der Waals surface area contributed by atoms with Crippen molar-refractivity contribution in [3.63, 3.8) is 0 Å². The summed E-state index contributed by atoms with van der Waals surface area (Å²) >= 11 is 12.1. The summed E-state index contributed by atoms with van der Waals surface area (Å²) in [7, 11) is 1.93. The topological polar surface area (TPSA) is 21.7 Å². The number of aromatic nitrogens is 3. The van der Waals surface area contributed by atoms with Crippen LogP contribution in [0.1, 0.15) is 0 Å². The summed E-state index contributed by atoms with van der Waals surface area (Å²) in [5.74, 6) is -0.470. The molecule has 96 valence electrons. The molecule has 3 nitrogen and oxygen atoms in total. The first-order chi connectivity index (χ1) is 9.04. The van der Waals surface area contributed by atoms with E-state index in [0.29, 0.717) is 5.69 Å². The van der Waals surface area contributed by atoms with Crippen molar-refractivity contribution in [2.24, 2.45) is 7.05 Å². The van der Waals surface area contributed by atoms with Gasteiger partial charge in [-0.2, -0.15) is 5.10 Å². The zero-order chi connectivity index (χ0) is 13.6. The lowest BCUT2D eigenvalue weighted by atomic mass is 10.3. The second-order valence-corrected chi connectivity index (χ2v) is 5.06. The zero-order valence-corrected chi connectivity index (χ0v) is 11.5. The lowest BCUT2D eigenvalue weighted by Crippen LogP contribution is -2.25. The van der Waals surface area contributed by atoms with Gasteiger partial charge in [0.25, 0.3) is 0 Å². The van der Waals surface area contributed by atoms with E-state index in [0.717, 1.165) is 10.9 Å². The van der Waals surface area contributed by atoms with Crippen LogP contribution in [0.15, 0.2) is 36.8 Å². The maximum Gasteiger partial charge on any atom is 0.179 e. The fraction of sp³-hybridized carbons (Fsp3) is 0.0769. The van der Waals surface area contributed by atoms with Crippen molar-refractivity contribution in [2.45, 2.75) is 0 Å². The summed E-state index contributed by atoms with van der Waals surface area (Å²) in [6, 6.07) is 4.32. The minimum Gasteiger partial charge on any atom is -0.236 e. The van der Waals surface area contributed by atoms with Gasteiger partial charge >= 0.3 is 0 Å². The highest BCUT2D eigenvalue weighted by molar-refractivity contribution is 6.37. The second-order valence-electron chi connectivity index (χ2n) is 4.24. The van der Waals surface area contributed by atoms with Crippen molar-refractivity contribution in [2.75, 3.05) is 0 Å². The number of aryl methyl sites for hydroxylation is 1. The molecule has 0 amide bonds. The first-order valence-corrected chi connectivity index (χ1v) is 6.30. The van der Waals surface area contributed by atoms with E-state index in [9.17, 15) is 4.39 Å². The SMILES string of the molecule is C[n+]1ccc2nn(-c3c(Cl)cc(F)cc3Cl)cc2c1. The third-order valence-corrected chi connectivity index (χ3v) is 3.37. The van der Waals surface area contributed by atoms with Crippen molar-refractivity contribution in [3.8, 4) is 5.69 Å². The Morgan fingerprint density at radius 1 is 1.26 bits per heavy atom. The third kappa shape index (κ3) is 2.17.